The van der Waals surface area contributed by atoms with E-state index in [0.29, 0.717) is 12.1 Å². The summed E-state index contributed by atoms with van der Waals surface area (Å²) in [6, 6.07) is 7.06. The van der Waals surface area contributed by atoms with E-state index in [4.69, 9.17) is 5.84 Å². The third-order valence-corrected chi connectivity index (χ3v) is 2.47. The third-order valence-electron chi connectivity index (χ3n) is 2.47. The monoisotopic (exact) mass is 235 g/mol. The molecule has 0 bridgehead atoms. The molecule has 0 saturated carbocycles. The summed E-state index contributed by atoms with van der Waals surface area (Å²) in [6.45, 7) is 7.15. The van der Waals surface area contributed by atoms with Crippen LogP contribution >= 0.6 is 0 Å². The molecule has 0 aliphatic heterocycles. The Morgan fingerprint density at radius 1 is 1.24 bits per heavy atom. The number of anilines is 1. The molecule has 4 heteroatoms. The van der Waals surface area contributed by atoms with E-state index < -0.39 is 0 Å². The number of nitrogen functional groups attached to an aromatic ring is 1. The van der Waals surface area contributed by atoms with Crippen molar-refractivity contribution in [3.8, 4) is 0 Å². The van der Waals surface area contributed by atoms with Gasteiger partial charge in [-0.15, -0.1) is 0 Å². The Kier molecular flexibility index (Phi) is 4.52. The molecule has 0 aromatic heterocycles. The molecule has 1 aromatic rings. The van der Waals surface area contributed by atoms with Gasteiger partial charge >= 0.3 is 0 Å². The minimum atomic E-state index is -0.0437. The maximum absolute atomic E-state index is 11.8. The summed E-state index contributed by atoms with van der Waals surface area (Å²) in [6.07, 6.45) is 0.960. The summed E-state index contributed by atoms with van der Waals surface area (Å²) in [7, 11) is 0. The lowest BCUT2D eigenvalue weighted by Gasteiger charge is -2.18. The second kappa shape index (κ2) is 5.68. The Balaban J connectivity index is 2.47. The molecular formula is C13H21N3O. The van der Waals surface area contributed by atoms with Crippen molar-refractivity contribution < 1.29 is 4.79 Å². The van der Waals surface area contributed by atoms with Crippen LogP contribution in [0.4, 0.5) is 5.69 Å². The first-order chi connectivity index (χ1) is 7.92. The van der Waals surface area contributed by atoms with Crippen LogP contribution in [-0.4, -0.2) is 12.5 Å². The molecule has 0 atom stereocenters. The van der Waals surface area contributed by atoms with Gasteiger partial charge in [-0.3, -0.25) is 10.6 Å². The largest absolute Gasteiger partial charge is 0.352 e. The second-order valence-corrected chi connectivity index (χ2v) is 5.29. The number of carbonyl (C=O) groups excluding carboxylic acids is 1. The maximum atomic E-state index is 11.8. The highest BCUT2D eigenvalue weighted by Gasteiger charge is 2.11. The highest BCUT2D eigenvalue weighted by atomic mass is 16.1. The minimum absolute atomic E-state index is 0.0437. The summed E-state index contributed by atoms with van der Waals surface area (Å²) < 4.78 is 0. The molecule has 0 spiro atoms. The average Bonchev–Trinajstić information content (AvgIpc) is 2.27. The first-order valence-electron chi connectivity index (χ1n) is 5.77. The van der Waals surface area contributed by atoms with Gasteiger partial charge in [0, 0.05) is 17.8 Å². The number of rotatable bonds is 4. The summed E-state index contributed by atoms with van der Waals surface area (Å²) >= 11 is 0. The minimum Gasteiger partial charge on any atom is -0.352 e. The second-order valence-electron chi connectivity index (χ2n) is 5.29. The van der Waals surface area contributed by atoms with E-state index in [1.165, 1.54) is 0 Å². The van der Waals surface area contributed by atoms with Crippen molar-refractivity contribution in [1.29, 1.82) is 0 Å². The standard InChI is InChI=1S/C13H21N3O/c1-13(2,3)8-9-15-12(17)10-4-6-11(16-14)7-5-10/h4-7,16H,8-9,14H2,1-3H3,(H,15,17). The lowest BCUT2D eigenvalue weighted by Crippen LogP contribution is -2.27. The molecule has 0 radical (unpaired) electrons. The molecule has 1 amide bonds. The average molecular weight is 235 g/mol. The summed E-state index contributed by atoms with van der Waals surface area (Å²) in [5.74, 6) is 5.21. The zero-order valence-electron chi connectivity index (χ0n) is 10.7. The fourth-order valence-corrected chi connectivity index (χ4v) is 1.37. The van der Waals surface area contributed by atoms with Crippen molar-refractivity contribution in [3.05, 3.63) is 29.8 Å². The topological polar surface area (TPSA) is 67.2 Å². The van der Waals surface area contributed by atoms with Gasteiger partial charge in [0.2, 0.25) is 0 Å². The van der Waals surface area contributed by atoms with Crippen LogP contribution in [-0.2, 0) is 0 Å². The first kappa shape index (κ1) is 13.5. The maximum Gasteiger partial charge on any atom is 0.251 e. The van der Waals surface area contributed by atoms with E-state index in [1.807, 2.05) is 0 Å². The Labute approximate surface area is 103 Å². The van der Waals surface area contributed by atoms with Gasteiger partial charge in [-0.2, -0.15) is 0 Å². The van der Waals surface area contributed by atoms with E-state index in [-0.39, 0.29) is 11.3 Å². The molecule has 0 aliphatic carbocycles. The molecule has 1 aromatic carbocycles. The zero-order valence-corrected chi connectivity index (χ0v) is 10.7. The molecule has 94 valence electrons. The van der Waals surface area contributed by atoms with E-state index in [0.717, 1.165) is 12.1 Å². The molecule has 1 rings (SSSR count). The molecule has 0 aliphatic rings. The van der Waals surface area contributed by atoms with Crippen LogP contribution in [0.25, 0.3) is 0 Å². The predicted molar refractivity (Wildman–Crippen MR) is 70.7 cm³/mol. The van der Waals surface area contributed by atoms with E-state index in [2.05, 4.69) is 31.5 Å². The Hall–Kier alpha value is -1.55. The van der Waals surface area contributed by atoms with E-state index in [9.17, 15) is 4.79 Å². The van der Waals surface area contributed by atoms with Crippen molar-refractivity contribution in [2.24, 2.45) is 11.3 Å². The predicted octanol–water partition coefficient (Wildman–Crippen LogP) is 2.14. The number of benzene rings is 1. The van der Waals surface area contributed by atoms with Crippen molar-refractivity contribution in [2.75, 3.05) is 12.0 Å². The number of hydrogen-bond acceptors (Lipinski definition) is 3. The van der Waals surface area contributed by atoms with Crippen LogP contribution in [0, 0.1) is 5.41 Å². The quantitative estimate of drug-likeness (QED) is 0.553. The summed E-state index contributed by atoms with van der Waals surface area (Å²) in [5, 5.41) is 2.90. The highest BCUT2D eigenvalue weighted by Crippen LogP contribution is 2.17. The van der Waals surface area contributed by atoms with Crippen molar-refractivity contribution >= 4 is 11.6 Å². The van der Waals surface area contributed by atoms with Gasteiger partial charge in [0.15, 0.2) is 0 Å². The fourth-order valence-electron chi connectivity index (χ4n) is 1.37. The van der Waals surface area contributed by atoms with Crippen molar-refractivity contribution in [3.63, 3.8) is 0 Å². The molecule has 0 fully saturated rings. The molecule has 4 N–H and O–H groups in total. The van der Waals surface area contributed by atoms with Crippen LogP contribution in [0.2, 0.25) is 0 Å². The lowest BCUT2D eigenvalue weighted by atomic mass is 9.92. The SMILES string of the molecule is CC(C)(C)CCNC(=O)c1ccc(NN)cc1. The van der Waals surface area contributed by atoms with Crippen LogP contribution < -0.4 is 16.6 Å². The van der Waals surface area contributed by atoms with Gasteiger partial charge in [0.05, 0.1) is 0 Å². The number of amides is 1. The van der Waals surface area contributed by atoms with Crippen LogP contribution in [0.1, 0.15) is 37.6 Å². The highest BCUT2D eigenvalue weighted by molar-refractivity contribution is 5.94. The normalized spacial score (nSPS) is 11.1. The molecule has 4 nitrogen and oxygen atoms in total. The Bertz CT molecular complexity index is 365. The van der Waals surface area contributed by atoms with Crippen LogP contribution in [0.15, 0.2) is 24.3 Å². The Morgan fingerprint density at radius 2 is 1.82 bits per heavy atom. The van der Waals surface area contributed by atoms with Crippen LogP contribution in [0.5, 0.6) is 0 Å². The van der Waals surface area contributed by atoms with Crippen LogP contribution in [0.3, 0.4) is 0 Å². The van der Waals surface area contributed by atoms with E-state index in [1.54, 1.807) is 24.3 Å². The van der Waals surface area contributed by atoms with E-state index >= 15 is 0 Å². The first-order valence-corrected chi connectivity index (χ1v) is 5.77. The molecular weight excluding hydrogens is 214 g/mol. The molecule has 17 heavy (non-hydrogen) atoms. The zero-order chi connectivity index (χ0) is 12.9. The van der Waals surface area contributed by atoms with Gasteiger partial charge < -0.3 is 10.7 Å². The summed E-state index contributed by atoms with van der Waals surface area (Å²) in [5.41, 5.74) is 4.20. The third kappa shape index (κ3) is 4.87. The van der Waals surface area contributed by atoms with Crippen molar-refractivity contribution in [2.45, 2.75) is 27.2 Å². The van der Waals surface area contributed by atoms with Gasteiger partial charge in [0.1, 0.15) is 0 Å². The van der Waals surface area contributed by atoms with Gasteiger partial charge in [0.25, 0.3) is 5.91 Å². The number of hydrogen-bond donors (Lipinski definition) is 3. The lowest BCUT2D eigenvalue weighted by molar-refractivity contribution is 0.0949. The van der Waals surface area contributed by atoms with Gasteiger partial charge in [-0.05, 0) is 36.1 Å². The smallest absolute Gasteiger partial charge is 0.251 e. The fraction of sp³-hybridized carbons (Fsp3) is 0.462. The number of nitrogens with two attached hydrogens (primary N) is 1. The molecule has 0 unspecified atom stereocenters. The van der Waals surface area contributed by atoms with Crippen molar-refractivity contribution in [1.82, 2.24) is 5.32 Å². The summed E-state index contributed by atoms with van der Waals surface area (Å²) in [4.78, 5) is 11.8. The van der Waals surface area contributed by atoms with Gasteiger partial charge in [-0.25, -0.2) is 0 Å². The molecule has 0 saturated heterocycles. The number of carbonyl (C=O) groups is 1. The molecule has 0 heterocycles. The number of hydrazine groups is 1. The number of nitrogens with one attached hydrogen (secondary N) is 2. The van der Waals surface area contributed by atoms with Gasteiger partial charge in [-0.1, -0.05) is 20.8 Å². The Morgan fingerprint density at radius 3 is 2.29 bits per heavy atom.